The number of hydrogen-bond donors (Lipinski definition) is 1. The SMILES string of the molecule is CNCCOCCOCC(=O)C(C)(C)C. The number of hydrogen-bond acceptors (Lipinski definition) is 4. The largest absolute Gasteiger partial charge is 0.378 e. The van der Waals surface area contributed by atoms with Gasteiger partial charge in [-0.05, 0) is 7.05 Å². The van der Waals surface area contributed by atoms with Crippen molar-refractivity contribution in [2.24, 2.45) is 5.41 Å². The number of carbonyl (C=O) groups is 1. The molecule has 0 spiro atoms. The van der Waals surface area contributed by atoms with Gasteiger partial charge in [-0.15, -0.1) is 0 Å². The minimum atomic E-state index is -0.313. The molecule has 4 heteroatoms. The molecule has 4 nitrogen and oxygen atoms in total. The van der Waals surface area contributed by atoms with Gasteiger partial charge in [0.05, 0.1) is 19.8 Å². The Balaban J connectivity index is 3.28. The Morgan fingerprint density at radius 2 is 1.73 bits per heavy atom. The Morgan fingerprint density at radius 1 is 1.13 bits per heavy atom. The summed E-state index contributed by atoms with van der Waals surface area (Å²) in [5, 5.41) is 2.98. The Morgan fingerprint density at radius 3 is 2.27 bits per heavy atom. The van der Waals surface area contributed by atoms with E-state index in [-0.39, 0.29) is 17.8 Å². The van der Waals surface area contributed by atoms with Crippen LogP contribution in [0.1, 0.15) is 20.8 Å². The first-order valence-corrected chi connectivity index (χ1v) is 5.32. The summed E-state index contributed by atoms with van der Waals surface area (Å²) in [6.07, 6.45) is 0. The van der Waals surface area contributed by atoms with E-state index < -0.39 is 0 Å². The van der Waals surface area contributed by atoms with Crippen LogP contribution in [0, 0.1) is 5.41 Å². The van der Waals surface area contributed by atoms with Crippen molar-refractivity contribution in [2.45, 2.75) is 20.8 Å². The minimum Gasteiger partial charge on any atom is -0.378 e. The highest BCUT2D eigenvalue weighted by atomic mass is 16.5. The van der Waals surface area contributed by atoms with Crippen LogP contribution in [0.2, 0.25) is 0 Å². The van der Waals surface area contributed by atoms with Crippen LogP contribution in [-0.4, -0.2) is 45.8 Å². The molecule has 0 aromatic carbocycles. The number of rotatable bonds is 8. The van der Waals surface area contributed by atoms with Crippen molar-refractivity contribution in [1.29, 1.82) is 0 Å². The van der Waals surface area contributed by atoms with Crippen molar-refractivity contribution in [3.63, 3.8) is 0 Å². The fourth-order valence-electron chi connectivity index (χ4n) is 0.776. The quantitative estimate of drug-likeness (QED) is 0.612. The second-order valence-electron chi connectivity index (χ2n) is 4.44. The lowest BCUT2D eigenvalue weighted by Crippen LogP contribution is -2.25. The van der Waals surface area contributed by atoms with Gasteiger partial charge in [0.15, 0.2) is 5.78 Å². The lowest BCUT2D eigenvalue weighted by Gasteiger charge is -2.16. The molecule has 0 saturated heterocycles. The van der Waals surface area contributed by atoms with Gasteiger partial charge in [-0.2, -0.15) is 0 Å². The van der Waals surface area contributed by atoms with Gasteiger partial charge >= 0.3 is 0 Å². The zero-order valence-corrected chi connectivity index (χ0v) is 10.3. The number of nitrogens with one attached hydrogen (secondary N) is 1. The molecule has 0 aliphatic rings. The molecule has 0 rings (SSSR count). The van der Waals surface area contributed by atoms with Crippen LogP contribution in [0.4, 0.5) is 0 Å². The fourth-order valence-corrected chi connectivity index (χ4v) is 0.776. The highest BCUT2D eigenvalue weighted by Gasteiger charge is 2.20. The van der Waals surface area contributed by atoms with Crippen LogP contribution in [0.5, 0.6) is 0 Å². The first-order valence-electron chi connectivity index (χ1n) is 5.32. The third-order valence-electron chi connectivity index (χ3n) is 1.94. The zero-order valence-electron chi connectivity index (χ0n) is 10.3. The zero-order chi connectivity index (χ0) is 11.7. The van der Waals surface area contributed by atoms with Crippen molar-refractivity contribution in [3.8, 4) is 0 Å². The number of ketones is 1. The summed E-state index contributed by atoms with van der Waals surface area (Å²) in [5.74, 6) is 0.123. The molecule has 0 atom stereocenters. The van der Waals surface area contributed by atoms with Crippen molar-refractivity contribution in [1.82, 2.24) is 5.32 Å². The first-order chi connectivity index (χ1) is 6.98. The second-order valence-corrected chi connectivity index (χ2v) is 4.44. The molecule has 0 saturated carbocycles. The summed E-state index contributed by atoms with van der Waals surface area (Å²) in [7, 11) is 1.88. The molecule has 0 aliphatic carbocycles. The van der Waals surface area contributed by atoms with Gasteiger partial charge < -0.3 is 14.8 Å². The van der Waals surface area contributed by atoms with Crippen LogP contribution in [0.3, 0.4) is 0 Å². The van der Waals surface area contributed by atoms with Crippen LogP contribution in [0.15, 0.2) is 0 Å². The van der Waals surface area contributed by atoms with E-state index in [1.54, 1.807) is 0 Å². The normalized spacial score (nSPS) is 11.7. The van der Waals surface area contributed by atoms with Crippen LogP contribution >= 0.6 is 0 Å². The number of Topliss-reactive ketones (excluding diaryl/α,β-unsaturated/α-hetero) is 1. The maximum atomic E-state index is 11.4. The highest BCUT2D eigenvalue weighted by Crippen LogP contribution is 2.14. The molecule has 0 bridgehead atoms. The van der Waals surface area contributed by atoms with E-state index in [9.17, 15) is 4.79 Å². The standard InChI is InChI=1S/C11H23NO3/c1-11(2,3)10(13)9-15-8-7-14-6-5-12-4/h12H,5-9H2,1-4H3. The summed E-state index contributed by atoms with van der Waals surface area (Å²) in [4.78, 5) is 11.4. The lowest BCUT2D eigenvalue weighted by molar-refractivity contribution is -0.131. The molecule has 0 amide bonds. The molecule has 0 fully saturated rings. The molecule has 0 unspecified atom stereocenters. The van der Waals surface area contributed by atoms with Gasteiger partial charge in [0.25, 0.3) is 0 Å². The van der Waals surface area contributed by atoms with Gasteiger partial charge in [0.2, 0.25) is 0 Å². The molecule has 90 valence electrons. The summed E-state index contributed by atoms with van der Waals surface area (Å²) in [6, 6.07) is 0. The maximum absolute atomic E-state index is 11.4. The number of ether oxygens (including phenoxy) is 2. The second kappa shape index (κ2) is 7.79. The summed E-state index contributed by atoms with van der Waals surface area (Å²) >= 11 is 0. The van der Waals surface area contributed by atoms with E-state index in [4.69, 9.17) is 9.47 Å². The first kappa shape index (κ1) is 14.6. The van der Waals surface area contributed by atoms with Gasteiger partial charge in [-0.3, -0.25) is 4.79 Å². The Labute approximate surface area is 92.3 Å². The molecule has 0 aromatic heterocycles. The van der Waals surface area contributed by atoms with E-state index in [0.29, 0.717) is 19.8 Å². The smallest absolute Gasteiger partial charge is 0.163 e. The highest BCUT2D eigenvalue weighted by molar-refractivity contribution is 5.84. The summed E-state index contributed by atoms with van der Waals surface area (Å²) in [6.45, 7) is 8.38. The molecular formula is C11H23NO3. The maximum Gasteiger partial charge on any atom is 0.163 e. The molecule has 0 heterocycles. The van der Waals surface area contributed by atoms with E-state index in [2.05, 4.69) is 5.32 Å². The topological polar surface area (TPSA) is 47.6 Å². The number of likely N-dealkylation sites (N-methyl/N-ethyl adjacent to an activating group) is 1. The number of carbonyl (C=O) groups excluding carboxylic acids is 1. The molecule has 15 heavy (non-hydrogen) atoms. The predicted molar refractivity (Wildman–Crippen MR) is 60.0 cm³/mol. The molecule has 0 aromatic rings. The average Bonchev–Trinajstić information content (AvgIpc) is 2.14. The monoisotopic (exact) mass is 217 g/mol. The third-order valence-corrected chi connectivity index (χ3v) is 1.94. The van der Waals surface area contributed by atoms with Crippen LogP contribution < -0.4 is 5.32 Å². The minimum absolute atomic E-state index is 0.123. The van der Waals surface area contributed by atoms with E-state index >= 15 is 0 Å². The van der Waals surface area contributed by atoms with E-state index in [1.807, 2.05) is 27.8 Å². The molecule has 1 N–H and O–H groups in total. The van der Waals surface area contributed by atoms with Crippen LogP contribution in [-0.2, 0) is 14.3 Å². The fraction of sp³-hybridized carbons (Fsp3) is 0.909. The Kier molecular flexibility index (Phi) is 7.56. The average molecular weight is 217 g/mol. The van der Waals surface area contributed by atoms with Gasteiger partial charge in [0.1, 0.15) is 6.61 Å². The lowest BCUT2D eigenvalue weighted by atomic mass is 9.91. The van der Waals surface area contributed by atoms with Gasteiger partial charge in [-0.25, -0.2) is 0 Å². The van der Waals surface area contributed by atoms with E-state index in [0.717, 1.165) is 6.54 Å². The molecule has 0 radical (unpaired) electrons. The van der Waals surface area contributed by atoms with Gasteiger partial charge in [0, 0.05) is 12.0 Å². The van der Waals surface area contributed by atoms with Crippen molar-refractivity contribution < 1.29 is 14.3 Å². The molecule has 0 aliphatic heterocycles. The summed E-state index contributed by atoms with van der Waals surface area (Å²) < 4.78 is 10.4. The predicted octanol–water partition coefficient (Wildman–Crippen LogP) is 0.854. The Bertz CT molecular complexity index is 175. The van der Waals surface area contributed by atoms with Crippen molar-refractivity contribution in [2.75, 3.05) is 40.0 Å². The summed E-state index contributed by atoms with van der Waals surface area (Å²) in [5.41, 5.74) is -0.313. The Hall–Kier alpha value is -0.450. The third kappa shape index (κ3) is 8.54. The van der Waals surface area contributed by atoms with E-state index in [1.165, 1.54) is 0 Å². The molecular weight excluding hydrogens is 194 g/mol. The van der Waals surface area contributed by atoms with Gasteiger partial charge in [-0.1, -0.05) is 20.8 Å². The van der Waals surface area contributed by atoms with Crippen molar-refractivity contribution in [3.05, 3.63) is 0 Å². The van der Waals surface area contributed by atoms with Crippen molar-refractivity contribution >= 4 is 5.78 Å². The van der Waals surface area contributed by atoms with Crippen LogP contribution in [0.25, 0.3) is 0 Å².